The SMILES string of the molecule is Cc1cccc2c1OP(OCC1CCC(n3cc(F)c(=S)[nH]c3=O)O1)OC2. The normalized spacial score (nSPS) is 24.4. The quantitative estimate of drug-likeness (QED) is 0.607. The molecular weight excluding hydrogens is 394 g/mol. The Morgan fingerprint density at radius 1 is 1.44 bits per heavy atom. The molecule has 3 atom stereocenters. The van der Waals surface area contributed by atoms with E-state index >= 15 is 0 Å². The van der Waals surface area contributed by atoms with Gasteiger partial charge in [-0.2, -0.15) is 0 Å². The molecule has 144 valence electrons. The van der Waals surface area contributed by atoms with Gasteiger partial charge in [0, 0.05) is 5.56 Å². The first-order valence-corrected chi connectivity index (χ1v) is 10.0. The molecule has 3 heterocycles. The molecule has 0 spiro atoms. The van der Waals surface area contributed by atoms with Gasteiger partial charge in [-0.1, -0.05) is 30.4 Å². The van der Waals surface area contributed by atoms with Crippen LogP contribution in [-0.4, -0.2) is 22.3 Å². The number of hydrogen-bond donors (Lipinski definition) is 1. The summed E-state index contributed by atoms with van der Waals surface area (Å²) < 4.78 is 37.6. The summed E-state index contributed by atoms with van der Waals surface area (Å²) in [5.74, 6) is 0.149. The molecular formula is C17H18FN2O5PS. The van der Waals surface area contributed by atoms with Gasteiger partial charge in [0.05, 0.1) is 25.5 Å². The van der Waals surface area contributed by atoms with E-state index in [0.717, 1.165) is 23.1 Å². The maximum atomic E-state index is 13.6. The van der Waals surface area contributed by atoms with E-state index < -0.39 is 26.3 Å². The molecule has 1 aromatic carbocycles. The van der Waals surface area contributed by atoms with Crippen LogP contribution < -0.4 is 10.2 Å². The Morgan fingerprint density at radius 3 is 3.15 bits per heavy atom. The highest BCUT2D eigenvalue weighted by atomic mass is 32.1. The number of nitrogens with one attached hydrogen (secondary N) is 1. The van der Waals surface area contributed by atoms with Crippen LogP contribution in [0.1, 0.15) is 30.2 Å². The Kier molecular flexibility index (Phi) is 5.39. The minimum Gasteiger partial charge on any atom is -0.426 e. The van der Waals surface area contributed by atoms with E-state index in [4.69, 9.17) is 30.5 Å². The number of aromatic amines is 1. The number of aryl methyl sites for hydroxylation is 1. The summed E-state index contributed by atoms with van der Waals surface area (Å²) >= 11 is 4.72. The van der Waals surface area contributed by atoms with E-state index in [2.05, 4.69) is 4.98 Å². The van der Waals surface area contributed by atoms with Crippen molar-refractivity contribution in [3.63, 3.8) is 0 Å². The summed E-state index contributed by atoms with van der Waals surface area (Å²) in [5, 5.41) is 0. The molecule has 27 heavy (non-hydrogen) atoms. The minimum atomic E-state index is -1.50. The topological polar surface area (TPSA) is 74.7 Å². The molecule has 2 aliphatic rings. The Hall–Kier alpha value is -1.64. The van der Waals surface area contributed by atoms with Gasteiger partial charge in [0.25, 0.3) is 0 Å². The van der Waals surface area contributed by atoms with Crippen molar-refractivity contribution in [3.8, 4) is 5.75 Å². The van der Waals surface area contributed by atoms with Gasteiger partial charge in [-0.15, -0.1) is 0 Å². The van der Waals surface area contributed by atoms with Crippen LogP contribution in [0.5, 0.6) is 5.75 Å². The number of rotatable bonds is 4. The lowest BCUT2D eigenvalue weighted by molar-refractivity contribution is -0.0233. The molecule has 0 aliphatic carbocycles. The molecule has 0 saturated carbocycles. The highest BCUT2D eigenvalue weighted by Crippen LogP contribution is 2.48. The second kappa shape index (κ2) is 7.77. The molecule has 2 aliphatic heterocycles. The number of ether oxygens (including phenoxy) is 1. The fourth-order valence-electron chi connectivity index (χ4n) is 3.08. The molecule has 0 bridgehead atoms. The number of H-pyrrole nitrogens is 1. The lowest BCUT2D eigenvalue weighted by Crippen LogP contribution is -2.28. The molecule has 1 aromatic heterocycles. The van der Waals surface area contributed by atoms with Gasteiger partial charge >= 0.3 is 14.3 Å². The Labute approximate surface area is 161 Å². The smallest absolute Gasteiger partial charge is 0.397 e. The first-order valence-electron chi connectivity index (χ1n) is 8.50. The predicted molar refractivity (Wildman–Crippen MR) is 98.5 cm³/mol. The first kappa shape index (κ1) is 18.7. The predicted octanol–water partition coefficient (Wildman–Crippen LogP) is 3.88. The van der Waals surface area contributed by atoms with Crippen LogP contribution in [0.3, 0.4) is 0 Å². The van der Waals surface area contributed by atoms with Crippen LogP contribution in [0.15, 0.2) is 29.2 Å². The molecule has 1 N–H and O–H groups in total. The van der Waals surface area contributed by atoms with E-state index in [-0.39, 0.29) is 17.4 Å². The number of benzene rings is 1. The summed E-state index contributed by atoms with van der Waals surface area (Å²) in [7, 11) is -1.50. The van der Waals surface area contributed by atoms with Gasteiger partial charge in [0.15, 0.2) is 5.82 Å². The molecule has 10 heteroatoms. The van der Waals surface area contributed by atoms with Gasteiger partial charge in [0.1, 0.15) is 16.6 Å². The van der Waals surface area contributed by atoms with E-state index in [9.17, 15) is 9.18 Å². The van der Waals surface area contributed by atoms with Crippen LogP contribution in [0.2, 0.25) is 0 Å². The van der Waals surface area contributed by atoms with Crippen molar-refractivity contribution < 1.29 is 22.7 Å². The van der Waals surface area contributed by atoms with Gasteiger partial charge in [0.2, 0.25) is 0 Å². The standard InChI is InChI=1S/C17H18FN2O5PS/c1-10-3-2-4-11-8-22-26(25-15(10)11)23-9-12-5-6-14(24-12)20-7-13(18)16(27)19-17(20)21/h2-4,7,12,14H,5-6,8-9H2,1H3,(H,19,21,27). The third-order valence-corrected chi connectivity index (χ3v) is 5.80. The molecule has 7 nitrogen and oxygen atoms in total. The van der Waals surface area contributed by atoms with Crippen molar-refractivity contribution >= 4 is 20.8 Å². The second-order valence-electron chi connectivity index (χ2n) is 6.38. The second-order valence-corrected chi connectivity index (χ2v) is 7.94. The highest BCUT2D eigenvalue weighted by molar-refractivity contribution is 7.71. The molecule has 4 rings (SSSR count). The van der Waals surface area contributed by atoms with Crippen molar-refractivity contribution in [2.24, 2.45) is 0 Å². The summed E-state index contributed by atoms with van der Waals surface area (Å²) in [4.78, 5) is 14.3. The molecule has 3 unspecified atom stereocenters. The number of fused-ring (bicyclic) bond motifs is 1. The van der Waals surface area contributed by atoms with Crippen LogP contribution in [0, 0.1) is 17.4 Å². The van der Waals surface area contributed by atoms with Crippen LogP contribution in [-0.2, 0) is 20.4 Å². The largest absolute Gasteiger partial charge is 0.426 e. The number of halogens is 1. The molecule has 0 radical (unpaired) electrons. The Bertz CT molecular complexity index is 965. The minimum absolute atomic E-state index is 0.209. The van der Waals surface area contributed by atoms with Crippen molar-refractivity contribution in [3.05, 3.63) is 56.5 Å². The molecule has 0 amide bonds. The third-order valence-electron chi connectivity index (χ3n) is 4.47. The first-order chi connectivity index (χ1) is 13.0. The average Bonchev–Trinajstić information content (AvgIpc) is 3.12. The monoisotopic (exact) mass is 412 g/mol. The van der Waals surface area contributed by atoms with Crippen molar-refractivity contribution in [1.29, 1.82) is 0 Å². The van der Waals surface area contributed by atoms with Gasteiger partial charge < -0.3 is 9.26 Å². The number of para-hydroxylation sites is 1. The van der Waals surface area contributed by atoms with Crippen LogP contribution >= 0.6 is 20.8 Å². The number of aromatic nitrogens is 2. The Balaban J connectivity index is 1.35. The van der Waals surface area contributed by atoms with E-state index in [0.29, 0.717) is 19.4 Å². The molecule has 2 aromatic rings. The highest BCUT2D eigenvalue weighted by Gasteiger charge is 2.31. The summed E-state index contributed by atoms with van der Waals surface area (Å²) in [6.07, 6.45) is 1.52. The van der Waals surface area contributed by atoms with E-state index in [1.165, 1.54) is 4.57 Å². The van der Waals surface area contributed by atoms with Gasteiger partial charge in [-0.25, -0.2) is 9.18 Å². The number of nitrogens with zero attached hydrogens (tertiary/aromatic N) is 1. The Morgan fingerprint density at radius 2 is 2.30 bits per heavy atom. The zero-order chi connectivity index (χ0) is 19.0. The summed E-state index contributed by atoms with van der Waals surface area (Å²) in [6.45, 7) is 2.68. The van der Waals surface area contributed by atoms with Gasteiger partial charge in [-0.3, -0.25) is 18.6 Å². The summed E-state index contributed by atoms with van der Waals surface area (Å²) in [5.41, 5.74) is 1.53. The average molecular weight is 412 g/mol. The summed E-state index contributed by atoms with van der Waals surface area (Å²) in [6, 6.07) is 5.90. The lowest BCUT2D eigenvalue weighted by Gasteiger charge is -2.26. The zero-order valence-electron chi connectivity index (χ0n) is 14.5. The molecule has 1 saturated heterocycles. The third kappa shape index (κ3) is 3.97. The maximum absolute atomic E-state index is 13.6. The maximum Gasteiger partial charge on any atom is 0.397 e. The van der Waals surface area contributed by atoms with Gasteiger partial charge in [-0.05, 0) is 25.3 Å². The lowest BCUT2D eigenvalue weighted by atomic mass is 10.1. The van der Waals surface area contributed by atoms with Crippen molar-refractivity contribution in [2.45, 2.75) is 38.7 Å². The van der Waals surface area contributed by atoms with E-state index in [1.807, 2.05) is 25.1 Å². The fraction of sp³-hybridized carbons (Fsp3) is 0.412. The van der Waals surface area contributed by atoms with E-state index in [1.54, 1.807) is 0 Å². The molecule has 1 fully saturated rings. The fourth-order valence-corrected chi connectivity index (χ4v) is 4.34. The van der Waals surface area contributed by atoms with Crippen LogP contribution in [0.25, 0.3) is 0 Å². The zero-order valence-corrected chi connectivity index (χ0v) is 16.2. The van der Waals surface area contributed by atoms with Crippen molar-refractivity contribution in [2.75, 3.05) is 6.61 Å². The van der Waals surface area contributed by atoms with Crippen LogP contribution in [0.4, 0.5) is 4.39 Å². The van der Waals surface area contributed by atoms with Crippen molar-refractivity contribution in [1.82, 2.24) is 9.55 Å². The number of hydrogen-bond acceptors (Lipinski definition) is 6.